The van der Waals surface area contributed by atoms with E-state index in [2.05, 4.69) is 0 Å². The molecular formula is C24H34N2O11. The molecule has 0 saturated carbocycles. The largest absolute Gasteiger partial charge is 0.479 e. The summed E-state index contributed by atoms with van der Waals surface area (Å²) in [5, 5.41) is 39.4. The number of hydrogen-bond acceptors (Lipinski definition) is 10. The molecule has 1 fully saturated rings. The van der Waals surface area contributed by atoms with Crippen LogP contribution in [0.4, 0.5) is 4.79 Å². The molecule has 2 amide bonds. The standard InChI is InChI=1S/C24H34N2O11/c1-12(2)17(28)15-10-14(11-35-24(34)26(5)9-8-25(4)13(3)27)6-7-16(15)36-23-20(31)18(29)19(30)21(37-23)22(32)33/h6-7,10,12,18-21,23,29-31H,8-9,11H2,1-5H3,(H,32,33)/t18-,19-,20+,21-,23+/m0/s1. The summed E-state index contributed by atoms with van der Waals surface area (Å²) < 4.78 is 16.0. The maximum Gasteiger partial charge on any atom is 0.409 e. The smallest absolute Gasteiger partial charge is 0.409 e. The quantitative estimate of drug-likeness (QED) is 0.297. The van der Waals surface area contributed by atoms with E-state index in [0.29, 0.717) is 12.1 Å². The molecule has 4 N–H and O–H groups in total. The number of carbonyl (C=O) groups excluding carboxylic acids is 3. The summed E-state index contributed by atoms with van der Waals surface area (Å²) in [6, 6.07) is 4.30. The van der Waals surface area contributed by atoms with Crippen molar-refractivity contribution in [2.45, 2.75) is 58.1 Å². The topological polar surface area (TPSA) is 183 Å². The highest BCUT2D eigenvalue weighted by Crippen LogP contribution is 2.29. The number of carbonyl (C=O) groups is 4. The van der Waals surface area contributed by atoms with Crippen molar-refractivity contribution in [3.63, 3.8) is 0 Å². The highest BCUT2D eigenvalue weighted by Gasteiger charge is 2.48. The van der Waals surface area contributed by atoms with Gasteiger partial charge >= 0.3 is 12.1 Å². The number of carboxylic acids is 1. The van der Waals surface area contributed by atoms with Crippen molar-refractivity contribution in [2.75, 3.05) is 27.2 Å². The van der Waals surface area contributed by atoms with Gasteiger partial charge in [-0.15, -0.1) is 0 Å². The van der Waals surface area contributed by atoms with E-state index in [-0.39, 0.29) is 36.2 Å². The van der Waals surface area contributed by atoms with Crippen molar-refractivity contribution in [3.8, 4) is 5.75 Å². The van der Waals surface area contributed by atoms with E-state index in [1.54, 1.807) is 20.9 Å². The summed E-state index contributed by atoms with van der Waals surface area (Å²) in [5.41, 5.74) is 0.506. The number of amides is 2. The fourth-order valence-electron chi connectivity index (χ4n) is 3.35. The van der Waals surface area contributed by atoms with Gasteiger partial charge in [0.05, 0.1) is 5.56 Å². The monoisotopic (exact) mass is 526 g/mol. The minimum Gasteiger partial charge on any atom is -0.479 e. The van der Waals surface area contributed by atoms with E-state index in [1.165, 1.54) is 42.0 Å². The lowest BCUT2D eigenvalue weighted by Gasteiger charge is -2.38. The lowest BCUT2D eigenvalue weighted by molar-refractivity contribution is -0.271. The van der Waals surface area contributed by atoms with Crippen LogP contribution in [0.25, 0.3) is 0 Å². The Bertz CT molecular complexity index is 999. The molecule has 0 unspecified atom stereocenters. The predicted molar refractivity (Wildman–Crippen MR) is 127 cm³/mol. The predicted octanol–water partition coefficient (Wildman–Crippen LogP) is -0.157. The maximum atomic E-state index is 12.9. The van der Waals surface area contributed by atoms with Gasteiger partial charge in [0, 0.05) is 40.0 Å². The Kier molecular flexibility index (Phi) is 10.4. The lowest BCUT2D eigenvalue weighted by Crippen LogP contribution is -2.61. The van der Waals surface area contributed by atoms with E-state index in [4.69, 9.17) is 14.2 Å². The molecule has 0 aromatic heterocycles. The average molecular weight is 527 g/mol. The summed E-state index contributed by atoms with van der Waals surface area (Å²) >= 11 is 0. The Morgan fingerprint density at radius 3 is 2.19 bits per heavy atom. The third kappa shape index (κ3) is 7.61. The Morgan fingerprint density at radius 2 is 1.62 bits per heavy atom. The van der Waals surface area contributed by atoms with Gasteiger partial charge in [0.2, 0.25) is 12.2 Å². The van der Waals surface area contributed by atoms with Gasteiger partial charge in [-0.25, -0.2) is 9.59 Å². The van der Waals surface area contributed by atoms with Crippen LogP contribution < -0.4 is 4.74 Å². The van der Waals surface area contributed by atoms with Gasteiger partial charge in [0.25, 0.3) is 0 Å². The zero-order chi connectivity index (χ0) is 28.0. The van der Waals surface area contributed by atoms with Crippen molar-refractivity contribution < 1.29 is 53.8 Å². The van der Waals surface area contributed by atoms with Crippen molar-refractivity contribution >= 4 is 23.8 Å². The molecule has 1 aromatic carbocycles. The van der Waals surface area contributed by atoms with Crippen molar-refractivity contribution in [3.05, 3.63) is 29.3 Å². The van der Waals surface area contributed by atoms with Gasteiger partial charge in [0.1, 0.15) is 30.7 Å². The fourth-order valence-corrected chi connectivity index (χ4v) is 3.35. The minimum atomic E-state index is -1.89. The van der Waals surface area contributed by atoms with Crippen LogP contribution in [-0.4, -0.2) is 112 Å². The number of ether oxygens (including phenoxy) is 3. The molecule has 1 heterocycles. The number of Topliss-reactive ketones (excluding diaryl/α,β-unsaturated/α-hetero) is 1. The third-order valence-electron chi connectivity index (χ3n) is 5.87. The van der Waals surface area contributed by atoms with Crippen LogP contribution in [0.15, 0.2) is 18.2 Å². The zero-order valence-electron chi connectivity index (χ0n) is 21.4. The Morgan fingerprint density at radius 1 is 1.00 bits per heavy atom. The van der Waals surface area contributed by atoms with Crippen LogP contribution >= 0.6 is 0 Å². The molecule has 2 rings (SSSR count). The number of aliphatic hydroxyl groups excluding tert-OH is 3. The van der Waals surface area contributed by atoms with Gasteiger partial charge in [-0.2, -0.15) is 0 Å². The highest BCUT2D eigenvalue weighted by atomic mass is 16.7. The number of ketones is 1. The zero-order valence-corrected chi connectivity index (χ0v) is 21.4. The van der Waals surface area contributed by atoms with Crippen LogP contribution in [0, 0.1) is 5.92 Å². The van der Waals surface area contributed by atoms with Crippen LogP contribution in [0.3, 0.4) is 0 Å². The molecule has 206 valence electrons. The molecule has 0 spiro atoms. The molecule has 0 radical (unpaired) electrons. The molecule has 13 nitrogen and oxygen atoms in total. The van der Waals surface area contributed by atoms with Gasteiger partial charge < -0.3 is 44.4 Å². The summed E-state index contributed by atoms with van der Waals surface area (Å²) in [4.78, 5) is 50.6. The Hall–Kier alpha value is -3.26. The number of aliphatic carboxylic acids is 1. The van der Waals surface area contributed by atoms with Crippen LogP contribution in [0.2, 0.25) is 0 Å². The van der Waals surface area contributed by atoms with Crippen molar-refractivity contribution in [1.29, 1.82) is 0 Å². The van der Waals surface area contributed by atoms with Crippen molar-refractivity contribution in [2.24, 2.45) is 5.92 Å². The number of rotatable bonds is 10. The molecule has 0 bridgehead atoms. The number of hydrogen-bond donors (Lipinski definition) is 4. The third-order valence-corrected chi connectivity index (χ3v) is 5.87. The number of carboxylic acid groups (broad SMARTS) is 1. The van der Waals surface area contributed by atoms with E-state index >= 15 is 0 Å². The van der Waals surface area contributed by atoms with Gasteiger partial charge in [-0.3, -0.25) is 9.59 Å². The number of likely N-dealkylation sites (N-methyl/N-ethyl adjacent to an activating group) is 2. The molecular weight excluding hydrogens is 492 g/mol. The fraction of sp³-hybridized carbons (Fsp3) is 0.583. The Labute approximate surface area is 214 Å². The van der Waals surface area contributed by atoms with E-state index in [9.17, 15) is 39.6 Å². The van der Waals surface area contributed by atoms with Gasteiger partial charge in [-0.05, 0) is 17.7 Å². The number of nitrogens with zero attached hydrogens (tertiary/aromatic N) is 2. The molecule has 1 aliphatic rings. The second-order valence-corrected chi connectivity index (χ2v) is 9.12. The molecule has 1 aliphatic heterocycles. The van der Waals surface area contributed by atoms with E-state index in [1.807, 2.05) is 0 Å². The number of aliphatic hydroxyl groups is 3. The second kappa shape index (κ2) is 12.8. The molecule has 37 heavy (non-hydrogen) atoms. The van der Waals surface area contributed by atoms with Crippen LogP contribution in [0.1, 0.15) is 36.7 Å². The first-order valence-electron chi connectivity index (χ1n) is 11.6. The first-order valence-corrected chi connectivity index (χ1v) is 11.6. The van der Waals surface area contributed by atoms with Gasteiger partial charge in [0.15, 0.2) is 11.9 Å². The molecule has 0 aliphatic carbocycles. The maximum absolute atomic E-state index is 12.9. The second-order valence-electron chi connectivity index (χ2n) is 9.12. The normalized spacial score (nSPS) is 23.3. The first-order chi connectivity index (χ1) is 17.2. The summed E-state index contributed by atoms with van der Waals surface area (Å²) in [7, 11) is 3.13. The van der Waals surface area contributed by atoms with E-state index in [0.717, 1.165) is 0 Å². The molecule has 13 heteroatoms. The van der Waals surface area contributed by atoms with E-state index < -0.39 is 48.7 Å². The SMILES string of the molecule is CC(=O)N(C)CCN(C)C(=O)OCc1ccc(O[C@@H]2O[C@H](C(=O)O)[C@@H](O)[C@H](O)[C@H]2O)c(C(=O)C(C)C)c1. The average Bonchev–Trinajstić information content (AvgIpc) is 2.85. The van der Waals surface area contributed by atoms with Gasteiger partial charge in [-0.1, -0.05) is 19.9 Å². The molecule has 1 aromatic rings. The first kappa shape index (κ1) is 30.0. The highest BCUT2D eigenvalue weighted by molar-refractivity contribution is 6.00. The lowest BCUT2D eigenvalue weighted by atomic mass is 9.97. The molecule has 5 atom stereocenters. The minimum absolute atomic E-state index is 0.0586. The van der Waals surface area contributed by atoms with Crippen molar-refractivity contribution in [1.82, 2.24) is 9.80 Å². The summed E-state index contributed by atoms with van der Waals surface area (Å²) in [5.74, 6) is -2.59. The summed E-state index contributed by atoms with van der Waals surface area (Å²) in [6.07, 6.45) is -9.75. The van der Waals surface area contributed by atoms with Crippen LogP contribution in [0.5, 0.6) is 5.75 Å². The Balaban J connectivity index is 2.17. The molecule has 1 saturated heterocycles. The number of benzene rings is 1. The van der Waals surface area contributed by atoms with Crippen LogP contribution in [-0.2, 0) is 25.7 Å². The summed E-state index contributed by atoms with van der Waals surface area (Å²) in [6.45, 7) is 5.11.